The molecule has 0 aliphatic carbocycles. The number of carbonyl (C=O) groups is 1. The van der Waals surface area contributed by atoms with Gasteiger partial charge in [-0.15, -0.1) is 0 Å². The number of aryl methyl sites for hydroxylation is 2. The first-order chi connectivity index (χ1) is 13.7. The average molecular weight is 400 g/mol. The van der Waals surface area contributed by atoms with E-state index >= 15 is 0 Å². The van der Waals surface area contributed by atoms with E-state index in [1.54, 1.807) is 6.07 Å². The minimum Gasteiger partial charge on any atom is -0.463 e. The molecule has 3 heterocycles. The van der Waals surface area contributed by atoms with E-state index in [-0.39, 0.29) is 22.8 Å². The number of fused-ring (bicyclic) bond motifs is 1. The smallest absolute Gasteiger partial charge is 0.433 e. The molecule has 0 aliphatic heterocycles. The van der Waals surface area contributed by atoms with Crippen LogP contribution in [-0.2, 0) is 6.18 Å². The van der Waals surface area contributed by atoms with Crippen LogP contribution in [0.5, 0.6) is 0 Å². The highest BCUT2D eigenvalue weighted by Crippen LogP contribution is 2.32. The van der Waals surface area contributed by atoms with Crippen LogP contribution in [0.2, 0.25) is 0 Å². The van der Waals surface area contributed by atoms with Gasteiger partial charge in [-0.1, -0.05) is 18.2 Å². The molecule has 1 N–H and O–H groups in total. The number of halogens is 3. The standard InChI is InChI=1S/C20H15F3N4O2/c1-11-5-3-6-12(2)18(11)25-19(28)14-10-17-24-13(15-7-4-8-29-15)9-16(20(21,22)23)27(17)26-14/h3-10H,1-2H3,(H,25,28). The number of nitrogens with one attached hydrogen (secondary N) is 1. The first-order valence-electron chi connectivity index (χ1n) is 8.63. The highest BCUT2D eigenvalue weighted by Gasteiger charge is 2.36. The number of aromatic nitrogens is 3. The van der Waals surface area contributed by atoms with Gasteiger partial charge >= 0.3 is 6.18 Å². The molecule has 0 atom stereocenters. The van der Waals surface area contributed by atoms with Gasteiger partial charge in [0.1, 0.15) is 5.69 Å². The summed E-state index contributed by atoms with van der Waals surface area (Å²) in [7, 11) is 0. The fourth-order valence-electron chi connectivity index (χ4n) is 3.03. The minimum atomic E-state index is -4.70. The van der Waals surface area contributed by atoms with E-state index in [0.717, 1.165) is 17.2 Å². The number of hydrogen-bond donors (Lipinski definition) is 1. The number of anilines is 1. The van der Waals surface area contributed by atoms with Crippen molar-refractivity contribution < 1.29 is 22.4 Å². The van der Waals surface area contributed by atoms with Gasteiger partial charge in [0.2, 0.25) is 0 Å². The van der Waals surface area contributed by atoms with Crippen LogP contribution in [0.3, 0.4) is 0 Å². The fourth-order valence-corrected chi connectivity index (χ4v) is 3.03. The highest BCUT2D eigenvalue weighted by molar-refractivity contribution is 6.04. The summed E-state index contributed by atoms with van der Waals surface area (Å²) in [5.41, 5.74) is 0.902. The molecule has 148 valence electrons. The molecule has 1 amide bonds. The van der Waals surface area contributed by atoms with Crippen molar-refractivity contribution in [1.82, 2.24) is 14.6 Å². The zero-order chi connectivity index (χ0) is 20.8. The topological polar surface area (TPSA) is 72.4 Å². The summed E-state index contributed by atoms with van der Waals surface area (Å²) in [6.45, 7) is 3.65. The Balaban J connectivity index is 1.80. The van der Waals surface area contributed by atoms with E-state index in [1.165, 1.54) is 18.4 Å². The Kier molecular flexibility index (Phi) is 4.37. The molecule has 9 heteroatoms. The molecular formula is C20H15F3N4O2. The normalized spacial score (nSPS) is 11.8. The maximum absolute atomic E-state index is 13.6. The van der Waals surface area contributed by atoms with Gasteiger partial charge < -0.3 is 9.73 Å². The number of rotatable bonds is 3. The molecule has 0 unspecified atom stereocenters. The maximum Gasteiger partial charge on any atom is 0.433 e. The van der Waals surface area contributed by atoms with Crippen LogP contribution in [0.25, 0.3) is 17.1 Å². The molecule has 6 nitrogen and oxygen atoms in total. The molecule has 3 aromatic heterocycles. The molecule has 0 saturated carbocycles. The second-order valence-electron chi connectivity index (χ2n) is 6.52. The SMILES string of the molecule is Cc1cccc(C)c1NC(=O)c1cc2nc(-c3ccco3)cc(C(F)(F)F)n2n1. The summed E-state index contributed by atoms with van der Waals surface area (Å²) in [6, 6.07) is 10.6. The number of carbonyl (C=O) groups excluding carboxylic acids is 1. The number of amides is 1. The third kappa shape index (κ3) is 3.46. The molecular weight excluding hydrogens is 385 g/mol. The van der Waals surface area contributed by atoms with Crippen molar-refractivity contribution in [2.75, 3.05) is 5.32 Å². The molecule has 0 saturated heterocycles. The largest absolute Gasteiger partial charge is 0.463 e. The van der Waals surface area contributed by atoms with Gasteiger partial charge in [0.25, 0.3) is 5.91 Å². The molecule has 29 heavy (non-hydrogen) atoms. The summed E-state index contributed by atoms with van der Waals surface area (Å²) in [6.07, 6.45) is -3.36. The zero-order valence-electron chi connectivity index (χ0n) is 15.4. The Morgan fingerprint density at radius 1 is 1.10 bits per heavy atom. The monoisotopic (exact) mass is 400 g/mol. The fraction of sp³-hybridized carbons (Fsp3) is 0.150. The van der Waals surface area contributed by atoms with E-state index in [2.05, 4.69) is 15.4 Å². The number of alkyl halides is 3. The van der Waals surface area contributed by atoms with Crippen LogP contribution in [-0.4, -0.2) is 20.5 Å². The third-order valence-electron chi connectivity index (χ3n) is 4.44. The lowest BCUT2D eigenvalue weighted by atomic mass is 10.1. The maximum atomic E-state index is 13.6. The van der Waals surface area contributed by atoms with Crippen molar-refractivity contribution in [3.63, 3.8) is 0 Å². The molecule has 1 aromatic carbocycles. The molecule has 0 spiro atoms. The quantitative estimate of drug-likeness (QED) is 0.532. The lowest BCUT2D eigenvalue weighted by Gasteiger charge is -2.10. The number of hydrogen-bond acceptors (Lipinski definition) is 4. The zero-order valence-corrected chi connectivity index (χ0v) is 15.4. The second-order valence-corrected chi connectivity index (χ2v) is 6.52. The Hall–Kier alpha value is -3.62. The van der Waals surface area contributed by atoms with Gasteiger partial charge in [0, 0.05) is 11.8 Å². The van der Waals surface area contributed by atoms with Crippen LogP contribution in [0.15, 0.2) is 53.1 Å². The number of nitrogens with zero attached hydrogens (tertiary/aromatic N) is 3. The second kappa shape index (κ2) is 6.77. The molecule has 0 fully saturated rings. The lowest BCUT2D eigenvalue weighted by molar-refractivity contribution is -0.142. The molecule has 0 radical (unpaired) electrons. The van der Waals surface area contributed by atoms with Gasteiger partial charge in [-0.2, -0.15) is 18.3 Å². The van der Waals surface area contributed by atoms with Crippen LogP contribution < -0.4 is 5.32 Å². The molecule has 4 aromatic rings. The first-order valence-corrected chi connectivity index (χ1v) is 8.63. The van der Waals surface area contributed by atoms with Crippen molar-refractivity contribution in [2.24, 2.45) is 0 Å². The molecule has 0 aliphatic rings. The van der Waals surface area contributed by atoms with Crippen molar-refractivity contribution in [3.05, 3.63) is 71.2 Å². The van der Waals surface area contributed by atoms with E-state index in [1.807, 2.05) is 32.0 Å². The Morgan fingerprint density at radius 3 is 2.45 bits per heavy atom. The van der Waals surface area contributed by atoms with Gasteiger partial charge in [-0.3, -0.25) is 4.79 Å². The van der Waals surface area contributed by atoms with Crippen LogP contribution in [0.1, 0.15) is 27.3 Å². The van der Waals surface area contributed by atoms with Crippen molar-refractivity contribution in [3.8, 4) is 11.5 Å². The third-order valence-corrected chi connectivity index (χ3v) is 4.44. The number of furan rings is 1. The summed E-state index contributed by atoms with van der Waals surface area (Å²) < 4.78 is 46.5. The summed E-state index contributed by atoms with van der Waals surface area (Å²) in [4.78, 5) is 16.8. The first kappa shape index (κ1) is 18.7. The molecule has 0 bridgehead atoms. The Morgan fingerprint density at radius 2 is 1.83 bits per heavy atom. The summed E-state index contributed by atoms with van der Waals surface area (Å²) in [5, 5.41) is 6.56. The molecule has 4 rings (SSSR count). The van der Waals surface area contributed by atoms with Crippen LogP contribution in [0.4, 0.5) is 18.9 Å². The Labute approximate surface area is 163 Å². The highest BCUT2D eigenvalue weighted by atomic mass is 19.4. The van der Waals surface area contributed by atoms with Crippen molar-refractivity contribution in [2.45, 2.75) is 20.0 Å². The van der Waals surface area contributed by atoms with Gasteiger partial charge in [-0.05, 0) is 43.2 Å². The minimum absolute atomic E-state index is 0.00330. The Bertz CT molecular complexity index is 1190. The van der Waals surface area contributed by atoms with Crippen LogP contribution >= 0.6 is 0 Å². The summed E-state index contributed by atoms with van der Waals surface area (Å²) >= 11 is 0. The van der Waals surface area contributed by atoms with E-state index in [4.69, 9.17) is 4.42 Å². The van der Waals surface area contributed by atoms with Crippen molar-refractivity contribution in [1.29, 1.82) is 0 Å². The lowest BCUT2D eigenvalue weighted by Crippen LogP contribution is -2.16. The van der Waals surface area contributed by atoms with Gasteiger partial charge in [0.05, 0.1) is 6.26 Å². The summed E-state index contributed by atoms with van der Waals surface area (Å²) in [5.74, 6) is -0.443. The van der Waals surface area contributed by atoms with Gasteiger partial charge in [-0.25, -0.2) is 9.50 Å². The number of benzene rings is 1. The van der Waals surface area contributed by atoms with E-state index < -0.39 is 17.8 Å². The predicted octanol–water partition coefficient (Wildman–Crippen LogP) is 4.88. The van der Waals surface area contributed by atoms with E-state index in [0.29, 0.717) is 10.2 Å². The van der Waals surface area contributed by atoms with Gasteiger partial charge in [0.15, 0.2) is 22.8 Å². The van der Waals surface area contributed by atoms with E-state index in [9.17, 15) is 18.0 Å². The number of para-hydroxylation sites is 1. The van der Waals surface area contributed by atoms with Crippen LogP contribution in [0, 0.1) is 13.8 Å². The average Bonchev–Trinajstić information content (AvgIpc) is 3.32. The van der Waals surface area contributed by atoms with Crippen molar-refractivity contribution >= 4 is 17.2 Å². The predicted molar refractivity (Wildman–Crippen MR) is 99.6 cm³/mol.